The Morgan fingerprint density at radius 3 is 2.19 bits per heavy atom. The number of benzene rings is 1. The molecule has 3 aromatic rings. The van der Waals surface area contributed by atoms with E-state index in [9.17, 15) is 19.2 Å². The predicted molar refractivity (Wildman–Crippen MR) is 126 cm³/mol. The lowest BCUT2D eigenvalue weighted by Gasteiger charge is -2.16. The van der Waals surface area contributed by atoms with E-state index in [4.69, 9.17) is 0 Å². The monoisotopic (exact) mass is 455 g/mol. The van der Waals surface area contributed by atoms with Crippen molar-refractivity contribution >= 4 is 46.0 Å². The van der Waals surface area contributed by atoms with Crippen molar-refractivity contribution in [2.24, 2.45) is 14.1 Å². The number of fused-ring (bicyclic) bond motifs is 1. The fraction of sp³-hybridized carbons (Fsp3) is 0.318. The van der Waals surface area contributed by atoms with E-state index < -0.39 is 11.2 Å². The first-order chi connectivity index (χ1) is 15.1. The van der Waals surface area contributed by atoms with Gasteiger partial charge in [-0.25, -0.2) is 9.78 Å². The Balaban J connectivity index is 1.88. The molecule has 0 bridgehead atoms. The molecule has 0 saturated carbocycles. The van der Waals surface area contributed by atoms with E-state index in [1.54, 1.807) is 37.5 Å². The molecule has 0 aliphatic carbocycles. The van der Waals surface area contributed by atoms with Crippen LogP contribution in [0, 0.1) is 0 Å². The standard InChI is InChI=1S/C22H25N5O4S/c1-12(2)16-10-23-20-18(21(30)27(5)22(31)26(20)4)19(16)32-11-17(29)25-15-8-6-14(7-9-15)24-13(3)28/h6-10,12H,11H2,1-5H3,(H,24,28)(H,25,29). The first kappa shape index (κ1) is 23.3. The average Bonchev–Trinajstić information content (AvgIpc) is 2.74. The van der Waals surface area contributed by atoms with Crippen LogP contribution in [0.2, 0.25) is 0 Å². The molecule has 168 valence electrons. The topological polar surface area (TPSA) is 115 Å². The Bertz CT molecular complexity index is 1310. The Hall–Kier alpha value is -3.40. The van der Waals surface area contributed by atoms with Gasteiger partial charge >= 0.3 is 5.69 Å². The lowest BCUT2D eigenvalue weighted by Crippen LogP contribution is -2.37. The van der Waals surface area contributed by atoms with Crippen molar-refractivity contribution in [3.8, 4) is 0 Å². The molecule has 2 aromatic heterocycles. The highest BCUT2D eigenvalue weighted by atomic mass is 32.2. The summed E-state index contributed by atoms with van der Waals surface area (Å²) < 4.78 is 2.39. The summed E-state index contributed by atoms with van der Waals surface area (Å²) in [6.07, 6.45) is 1.66. The van der Waals surface area contributed by atoms with Crippen LogP contribution in [-0.4, -0.2) is 31.7 Å². The number of carbonyl (C=O) groups is 2. The van der Waals surface area contributed by atoms with Gasteiger partial charge in [0.05, 0.1) is 11.1 Å². The van der Waals surface area contributed by atoms with Crippen molar-refractivity contribution < 1.29 is 9.59 Å². The molecule has 2 amide bonds. The maximum Gasteiger partial charge on any atom is 0.332 e. The van der Waals surface area contributed by atoms with Crippen LogP contribution in [0.4, 0.5) is 11.4 Å². The molecular weight excluding hydrogens is 430 g/mol. The van der Waals surface area contributed by atoms with Gasteiger partial charge in [-0.15, -0.1) is 11.8 Å². The zero-order valence-electron chi connectivity index (χ0n) is 18.6. The molecular formula is C22H25N5O4S. The van der Waals surface area contributed by atoms with Crippen molar-refractivity contribution in [3.63, 3.8) is 0 Å². The molecule has 1 aromatic carbocycles. The van der Waals surface area contributed by atoms with Gasteiger partial charge in [-0.3, -0.25) is 23.5 Å². The quantitative estimate of drug-likeness (QED) is 0.552. The third-order valence-corrected chi connectivity index (χ3v) is 6.04. The Morgan fingerprint density at radius 1 is 1.03 bits per heavy atom. The number of pyridine rings is 1. The second kappa shape index (κ2) is 9.39. The lowest BCUT2D eigenvalue weighted by molar-refractivity contribution is -0.114. The summed E-state index contributed by atoms with van der Waals surface area (Å²) in [7, 11) is 3.00. The van der Waals surface area contributed by atoms with E-state index in [0.29, 0.717) is 27.3 Å². The molecule has 0 unspecified atom stereocenters. The first-order valence-electron chi connectivity index (χ1n) is 9.99. The fourth-order valence-electron chi connectivity index (χ4n) is 3.26. The molecule has 2 N–H and O–H groups in total. The second-order valence-corrected chi connectivity index (χ2v) is 8.68. The SMILES string of the molecule is CC(=O)Nc1ccc(NC(=O)CSc2c(C(C)C)cnc3c2c(=O)n(C)c(=O)n3C)cc1. The Kier molecular flexibility index (Phi) is 6.83. The summed E-state index contributed by atoms with van der Waals surface area (Å²) in [5, 5.41) is 5.81. The Labute approximate surface area is 188 Å². The summed E-state index contributed by atoms with van der Waals surface area (Å²) in [6, 6.07) is 6.78. The number of nitrogens with zero attached hydrogens (tertiary/aromatic N) is 3. The highest BCUT2D eigenvalue weighted by Crippen LogP contribution is 2.32. The summed E-state index contributed by atoms with van der Waals surface area (Å²) in [4.78, 5) is 53.9. The summed E-state index contributed by atoms with van der Waals surface area (Å²) in [5.74, 6) is -0.283. The molecule has 3 rings (SSSR count). The van der Waals surface area contributed by atoms with Gasteiger partial charge in [0.15, 0.2) is 0 Å². The number of aromatic nitrogens is 3. The number of amides is 2. The van der Waals surface area contributed by atoms with Gasteiger partial charge in [0.1, 0.15) is 5.65 Å². The Morgan fingerprint density at radius 2 is 1.62 bits per heavy atom. The molecule has 0 saturated heterocycles. The second-order valence-electron chi connectivity index (χ2n) is 7.70. The fourth-order valence-corrected chi connectivity index (χ4v) is 4.38. The van der Waals surface area contributed by atoms with Crippen LogP contribution in [0.3, 0.4) is 0 Å². The predicted octanol–water partition coefficient (Wildman–Crippen LogP) is 2.44. The zero-order valence-corrected chi connectivity index (χ0v) is 19.4. The van der Waals surface area contributed by atoms with E-state index in [0.717, 1.165) is 10.1 Å². The van der Waals surface area contributed by atoms with Crippen LogP contribution < -0.4 is 21.9 Å². The third kappa shape index (κ3) is 4.75. The van der Waals surface area contributed by atoms with E-state index in [-0.39, 0.29) is 23.5 Å². The van der Waals surface area contributed by atoms with Gasteiger partial charge in [-0.1, -0.05) is 13.8 Å². The highest BCUT2D eigenvalue weighted by molar-refractivity contribution is 8.00. The molecule has 10 heteroatoms. The number of thioether (sulfide) groups is 1. The third-order valence-electron chi connectivity index (χ3n) is 4.91. The van der Waals surface area contributed by atoms with Crippen molar-refractivity contribution in [2.75, 3.05) is 16.4 Å². The van der Waals surface area contributed by atoms with Gasteiger partial charge in [0.25, 0.3) is 5.56 Å². The normalized spacial score (nSPS) is 11.1. The van der Waals surface area contributed by atoms with Crippen molar-refractivity contribution in [1.29, 1.82) is 0 Å². The smallest absolute Gasteiger partial charge is 0.326 e. The number of hydrogen-bond donors (Lipinski definition) is 2. The van der Waals surface area contributed by atoms with Gasteiger partial charge < -0.3 is 10.6 Å². The van der Waals surface area contributed by atoms with Gasteiger partial charge in [0, 0.05) is 43.5 Å². The molecule has 0 radical (unpaired) electrons. The van der Waals surface area contributed by atoms with Gasteiger partial charge in [0.2, 0.25) is 11.8 Å². The van der Waals surface area contributed by atoms with Crippen LogP contribution in [0.25, 0.3) is 11.0 Å². The van der Waals surface area contributed by atoms with Crippen LogP contribution in [-0.2, 0) is 23.7 Å². The molecule has 0 aliphatic rings. The molecule has 0 spiro atoms. The van der Waals surface area contributed by atoms with E-state index in [2.05, 4.69) is 15.6 Å². The maximum absolute atomic E-state index is 12.9. The molecule has 32 heavy (non-hydrogen) atoms. The average molecular weight is 456 g/mol. The molecule has 9 nitrogen and oxygen atoms in total. The molecule has 2 heterocycles. The number of carbonyl (C=O) groups excluding carboxylic acids is 2. The van der Waals surface area contributed by atoms with E-state index in [1.807, 2.05) is 13.8 Å². The van der Waals surface area contributed by atoms with Gasteiger partial charge in [-0.2, -0.15) is 0 Å². The van der Waals surface area contributed by atoms with Gasteiger partial charge in [-0.05, 0) is 35.7 Å². The minimum atomic E-state index is -0.455. The minimum absolute atomic E-state index is 0.0677. The van der Waals surface area contributed by atoms with Crippen molar-refractivity contribution in [3.05, 3.63) is 56.9 Å². The molecule has 0 atom stereocenters. The summed E-state index contributed by atoms with van der Waals surface area (Å²) >= 11 is 1.24. The maximum atomic E-state index is 12.9. The van der Waals surface area contributed by atoms with Crippen molar-refractivity contribution in [2.45, 2.75) is 31.6 Å². The minimum Gasteiger partial charge on any atom is -0.326 e. The zero-order chi connectivity index (χ0) is 23.6. The largest absolute Gasteiger partial charge is 0.332 e. The number of rotatable bonds is 6. The lowest BCUT2D eigenvalue weighted by atomic mass is 10.0. The number of hydrogen-bond acceptors (Lipinski definition) is 6. The first-order valence-corrected chi connectivity index (χ1v) is 11.0. The summed E-state index contributed by atoms with van der Waals surface area (Å²) in [5.41, 5.74) is 1.46. The van der Waals surface area contributed by atoms with Crippen molar-refractivity contribution in [1.82, 2.24) is 14.1 Å². The van der Waals surface area contributed by atoms with E-state index >= 15 is 0 Å². The highest BCUT2D eigenvalue weighted by Gasteiger charge is 2.20. The number of nitrogens with one attached hydrogen (secondary N) is 2. The van der Waals surface area contributed by atoms with Crippen LogP contribution in [0.1, 0.15) is 32.3 Å². The molecule has 0 fully saturated rings. The van der Waals surface area contributed by atoms with Crippen LogP contribution in [0.5, 0.6) is 0 Å². The number of anilines is 2. The summed E-state index contributed by atoms with van der Waals surface area (Å²) in [6.45, 7) is 5.39. The van der Waals surface area contributed by atoms with Crippen LogP contribution >= 0.6 is 11.8 Å². The van der Waals surface area contributed by atoms with E-state index in [1.165, 1.54) is 30.3 Å². The number of aryl methyl sites for hydroxylation is 1. The molecule has 0 aliphatic heterocycles. The van der Waals surface area contributed by atoms with Crippen LogP contribution in [0.15, 0.2) is 44.9 Å².